The lowest BCUT2D eigenvalue weighted by molar-refractivity contribution is -0.130. The number of nitrogens with one attached hydrogen (secondary N) is 1. The highest BCUT2D eigenvalue weighted by atomic mass is 16.2. The molecule has 0 saturated heterocycles. The fraction of sp³-hybridized carbons (Fsp3) is 0.900. The molecule has 0 radical (unpaired) electrons. The Labute approximate surface area is 143 Å². The Bertz CT molecular complexity index is 438. The molecule has 134 valence electrons. The van der Waals surface area contributed by atoms with Crippen molar-refractivity contribution in [3.8, 4) is 0 Å². The largest absolute Gasteiger partial charge is 0.353 e. The second kappa shape index (κ2) is 6.94. The molecular formula is C20H37NO2. The summed E-state index contributed by atoms with van der Waals surface area (Å²) in [6.07, 6.45) is 4.78. The van der Waals surface area contributed by atoms with Crippen LogP contribution in [0.1, 0.15) is 87.5 Å². The number of carbonyl (C=O) groups excluding carboxylic acids is 2. The molecule has 0 aromatic carbocycles. The van der Waals surface area contributed by atoms with Crippen LogP contribution in [0.25, 0.3) is 0 Å². The third kappa shape index (κ3) is 6.64. The van der Waals surface area contributed by atoms with Crippen LogP contribution in [0, 0.1) is 22.2 Å². The van der Waals surface area contributed by atoms with Crippen LogP contribution in [0.3, 0.4) is 0 Å². The van der Waals surface area contributed by atoms with Gasteiger partial charge in [-0.05, 0) is 37.0 Å². The summed E-state index contributed by atoms with van der Waals surface area (Å²) in [4.78, 5) is 24.5. The van der Waals surface area contributed by atoms with Gasteiger partial charge in [-0.25, -0.2) is 0 Å². The second-order valence-corrected chi connectivity index (χ2v) is 10.3. The molecule has 1 amide bonds. The van der Waals surface area contributed by atoms with Crippen LogP contribution >= 0.6 is 0 Å². The average molecular weight is 324 g/mol. The molecule has 1 saturated carbocycles. The van der Waals surface area contributed by atoms with Gasteiger partial charge in [0, 0.05) is 23.3 Å². The van der Waals surface area contributed by atoms with Crippen LogP contribution in [0.5, 0.6) is 0 Å². The molecule has 0 aromatic rings. The van der Waals surface area contributed by atoms with Crippen LogP contribution in [0.15, 0.2) is 0 Å². The van der Waals surface area contributed by atoms with Gasteiger partial charge >= 0.3 is 0 Å². The third-order valence-corrected chi connectivity index (χ3v) is 4.89. The minimum atomic E-state index is -0.348. The van der Waals surface area contributed by atoms with Gasteiger partial charge in [0.05, 0.1) is 0 Å². The SMILES string of the molecule is CC1(C)CC(CCC(=O)C(C)(C)C)CC(NC(=O)C(C)(C)C)C1. The highest BCUT2D eigenvalue weighted by molar-refractivity contribution is 5.83. The van der Waals surface area contributed by atoms with Crippen LogP contribution < -0.4 is 5.32 Å². The van der Waals surface area contributed by atoms with Crippen LogP contribution in [0.2, 0.25) is 0 Å². The van der Waals surface area contributed by atoms with Gasteiger partial charge in [-0.15, -0.1) is 0 Å². The number of ketones is 1. The van der Waals surface area contributed by atoms with Crippen LogP contribution in [-0.4, -0.2) is 17.7 Å². The number of rotatable bonds is 4. The molecule has 1 rings (SSSR count). The molecule has 1 aliphatic rings. The monoisotopic (exact) mass is 323 g/mol. The summed E-state index contributed by atoms with van der Waals surface area (Å²) in [6.45, 7) is 16.4. The topological polar surface area (TPSA) is 46.2 Å². The van der Waals surface area contributed by atoms with Crippen molar-refractivity contribution in [2.75, 3.05) is 0 Å². The molecule has 1 aliphatic carbocycles. The van der Waals surface area contributed by atoms with Gasteiger partial charge in [0.25, 0.3) is 0 Å². The zero-order chi connectivity index (χ0) is 18.1. The minimum absolute atomic E-state index is 0.129. The van der Waals surface area contributed by atoms with Crippen molar-refractivity contribution in [1.82, 2.24) is 5.32 Å². The second-order valence-electron chi connectivity index (χ2n) is 10.3. The fourth-order valence-electron chi connectivity index (χ4n) is 3.54. The first kappa shape index (κ1) is 20.2. The third-order valence-electron chi connectivity index (χ3n) is 4.89. The van der Waals surface area contributed by atoms with E-state index in [0.717, 1.165) is 25.7 Å². The number of hydrogen-bond acceptors (Lipinski definition) is 2. The first-order valence-corrected chi connectivity index (χ1v) is 9.05. The van der Waals surface area contributed by atoms with Gasteiger partial charge in [-0.3, -0.25) is 9.59 Å². The molecule has 0 aliphatic heterocycles. The van der Waals surface area contributed by atoms with E-state index in [1.54, 1.807) is 0 Å². The van der Waals surface area contributed by atoms with E-state index < -0.39 is 0 Å². The highest BCUT2D eigenvalue weighted by Crippen LogP contribution is 2.41. The van der Waals surface area contributed by atoms with Crippen molar-refractivity contribution in [3.63, 3.8) is 0 Å². The lowest BCUT2D eigenvalue weighted by atomic mass is 9.68. The van der Waals surface area contributed by atoms with E-state index in [1.165, 1.54) is 0 Å². The smallest absolute Gasteiger partial charge is 0.225 e. The van der Waals surface area contributed by atoms with Gasteiger partial charge in [-0.2, -0.15) is 0 Å². The molecule has 0 heterocycles. The predicted molar refractivity (Wildman–Crippen MR) is 96.2 cm³/mol. The molecule has 3 heteroatoms. The molecule has 1 N–H and O–H groups in total. The van der Waals surface area contributed by atoms with Crippen LogP contribution in [-0.2, 0) is 9.59 Å². The lowest BCUT2D eigenvalue weighted by Crippen LogP contribution is -2.47. The first-order valence-electron chi connectivity index (χ1n) is 9.05. The Morgan fingerprint density at radius 1 is 1.00 bits per heavy atom. The normalized spacial score (nSPS) is 25.0. The van der Waals surface area contributed by atoms with E-state index in [4.69, 9.17) is 0 Å². The minimum Gasteiger partial charge on any atom is -0.353 e. The summed E-state index contributed by atoms with van der Waals surface area (Å²) in [5.41, 5.74) is -0.368. The number of hydrogen-bond donors (Lipinski definition) is 1. The molecular weight excluding hydrogens is 286 g/mol. The molecule has 0 spiro atoms. The van der Waals surface area contributed by atoms with Gasteiger partial charge in [0.1, 0.15) is 5.78 Å². The number of Topliss-reactive ketones (excluding diaryl/α,β-unsaturated/α-hetero) is 1. The first-order chi connectivity index (χ1) is 10.2. The van der Waals surface area contributed by atoms with Crippen molar-refractivity contribution in [3.05, 3.63) is 0 Å². The zero-order valence-corrected chi connectivity index (χ0v) is 16.5. The Morgan fingerprint density at radius 3 is 2.04 bits per heavy atom. The van der Waals surface area contributed by atoms with Crippen molar-refractivity contribution < 1.29 is 9.59 Å². The molecule has 2 unspecified atom stereocenters. The van der Waals surface area contributed by atoms with Crippen molar-refractivity contribution in [1.29, 1.82) is 0 Å². The average Bonchev–Trinajstić information content (AvgIpc) is 2.31. The van der Waals surface area contributed by atoms with Crippen molar-refractivity contribution >= 4 is 11.7 Å². The maximum atomic E-state index is 12.3. The van der Waals surface area contributed by atoms with Gasteiger partial charge < -0.3 is 5.32 Å². The Balaban J connectivity index is 2.65. The van der Waals surface area contributed by atoms with E-state index >= 15 is 0 Å². The molecule has 0 bridgehead atoms. The summed E-state index contributed by atoms with van der Waals surface area (Å²) in [5, 5.41) is 3.24. The Morgan fingerprint density at radius 2 is 1.57 bits per heavy atom. The molecule has 2 atom stereocenters. The van der Waals surface area contributed by atoms with Crippen molar-refractivity contribution in [2.24, 2.45) is 22.2 Å². The number of amides is 1. The summed E-state index contributed by atoms with van der Waals surface area (Å²) in [5.74, 6) is 0.996. The summed E-state index contributed by atoms with van der Waals surface area (Å²) in [6, 6.07) is 0.236. The lowest BCUT2D eigenvalue weighted by Gasteiger charge is -2.41. The van der Waals surface area contributed by atoms with E-state index in [9.17, 15) is 9.59 Å². The van der Waals surface area contributed by atoms with Gasteiger partial charge in [0.2, 0.25) is 5.91 Å². The fourth-order valence-corrected chi connectivity index (χ4v) is 3.54. The Hall–Kier alpha value is -0.860. The maximum absolute atomic E-state index is 12.3. The summed E-state index contributed by atoms with van der Waals surface area (Å²) < 4.78 is 0. The molecule has 23 heavy (non-hydrogen) atoms. The van der Waals surface area contributed by atoms with E-state index in [1.807, 2.05) is 41.5 Å². The standard InChI is InChI=1S/C20H37NO2/c1-18(2,3)16(22)10-9-14-11-15(13-20(7,8)12-14)21-17(23)19(4,5)6/h14-15H,9-13H2,1-8H3,(H,21,23). The van der Waals surface area contributed by atoms with E-state index in [2.05, 4.69) is 19.2 Å². The Kier molecular flexibility index (Phi) is 6.09. The zero-order valence-electron chi connectivity index (χ0n) is 16.5. The van der Waals surface area contributed by atoms with Crippen molar-refractivity contribution in [2.45, 2.75) is 93.5 Å². The summed E-state index contributed by atoms with van der Waals surface area (Å²) >= 11 is 0. The van der Waals surface area contributed by atoms with Gasteiger partial charge in [-0.1, -0.05) is 55.4 Å². The molecule has 3 nitrogen and oxygen atoms in total. The van der Waals surface area contributed by atoms with Crippen LogP contribution in [0.4, 0.5) is 0 Å². The predicted octanol–water partition coefficient (Wildman–Crippen LogP) is 4.74. The van der Waals surface area contributed by atoms with Gasteiger partial charge in [0.15, 0.2) is 0 Å². The van der Waals surface area contributed by atoms with E-state index in [-0.39, 0.29) is 28.2 Å². The summed E-state index contributed by atoms with van der Waals surface area (Å²) in [7, 11) is 0. The number of carbonyl (C=O) groups is 2. The highest BCUT2D eigenvalue weighted by Gasteiger charge is 2.36. The quantitative estimate of drug-likeness (QED) is 0.812. The molecule has 0 aromatic heterocycles. The van der Waals surface area contributed by atoms with E-state index in [0.29, 0.717) is 18.1 Å². The molecule has 1 fully saturated rings. The maximum Gasteiger partial charge on any atom is 0.225 e.